The molecular weight excluding hydrogens is 258 g/mol. The molecule has 2 atom stereocenters. The summed E-state index contributed by atoms with van der Waals surface area (Å²) in [4.78, 5) is 8.50. The molecule has 2 unspecified atom stereocenters. The number of rotatable bonds is 2. The Kier molecular flexibility index (Phi) is 3.04. The molecule has 0 bridgehead atoms. The van der Waals surface area contributed by atoms with Gasteiger partial charge < -0.3 is 5.11 Å². The Balaban J connectivity index is 4.19. The average Bonchev–Trinajstić information content (AvgIpc) is 1.65. The van der Waals surface area contributed by atoms with E-state index in [0.29, 0.717) is 0 Å². The van der Waals surface area contributed by atoms with Crippen molar-refractivity contribution < 1.29 is 10.0 Å². The zero-order valence-corrected chi connectivity index (χ0v) is 7.72. The summed E-state index contributed by atoms with van der Waals surface area (Å²) < 4.78 is -2.05. The minimum absolute atomic E-state index is 0.625. The maximum atomic E-state index is 9.94. The zero-order chi connectivity index (χ0) is 7.65. The first-order valence-electron chi connectivity index (χ1n) is 2.09. The van der Waals surface area contributed by atoms with E-state index in [1.165, 1.54) is 6.92 Å². The molecule has 9 heavy (non-hydrogen) atoms. The minimum atomic E-state index is -2.05. The van der Waals surface area contributed by atoms with E-state index in [1.807, 2.05) is 0 Å². The van der Waals surface area contributed by atoms with Gasteiger partial charge in [-0.3, -0.25) is 10.1 Å². The quantitative estimate of drug-likeness (QED) is 0.266. The standard InChI is InChI=1S/C3H5Br2NO3/c1-2(4)3(5,7)6(8)9/h2,7H,1H3. The largest absolute Gasteiger partial charge is 0.390 e. The van der Waals surface area contributed by atoms with Crippen LogP contribution in [0.4, 0.5) is 0 Å². The lowest BCUT2D eigenvalue weighted by molar-refractivity contribution is -0.583. The maximum absolute atomic E-state index is 9.94. The molecule has 0 spiro atoms. The lowest BCUT2D eigenvalue weighted by Gasteiger charge is -2.13. The van der Waals surface area contributed by atoms with Crippen LogP contribution in [-0.2, 0) is 0 Å². The highest BCUT2D eigenvalue weighted by Crippen LogP contribution is 2.24. The van der Waals surface area contributed by atoms with E-state index in [4.69, 9.17) is 5.11 Å². The van der Waals surface area contributed by atoms with Crippen molar-refractivity contribution in [1.82, 2.24) is 0 Å². The molecule has 0 amide bonds. The molecule has 0 saturated carbocycles. The van der Waals surface area contributed by atoms with Crippen molar-refractivity contribution in [2.75, 3.05) is 0 Å². The van der Waals surface area contributed by atoms with Crippen LogP contribution in [-0.4, -0.2) is 19.5 Å². The van der Waals surface area contributed by atoms with Crippen LogP contribution in [0, 0.1) is 10.1 Å². The van der Waals surface area contributed by atoms with Crippen LogP contribution in [0.3, 0.4) is 0 Å². The summed E-state index contributed by atoms with van der Waals surface area (Å²) in [7, 11) is 0. The fourth-order valence-corrected chi connectivity index (χ4v) is 0.312. The third kappa shape index (κ3) is 2.19. The second-order valence-electron chi connectivity index (χ2n) is 1.51. The molecule has 0 aromatic carbocycles. The van der Waals surface area contributed by atoms with Gasteiger partial charge in [0.2, 0.25) is 0 Å². The van der Waals surface area contributed by atoms with Gasteiger partial charge >= 0.3 is 4.63 Å². The monoisotopic (exact) mass is 261 g/mol. The van der Waals surface area contributed by atoms with Crippen LogP contribution in [0.15, 0.2) is 0 Å². The fraction of sp³-hybridized carbons (Fsp3) is 1.00. The Morgan fingerprint density at radius 1 is 1.89 bits per heavy atom. The summed E-state index contributed by atoms with van der Waals surface area (Å²) in [6, 6.07) is 0. The molecule has 0 saturated heterocycles. The zero-order valence-electron chi connectivity index (χ0n) is 4.54. The smallest absolute Gasteiger partial charge is 0.321 e. The number of hydrogen-bond donors (Lipinski definition) is 1. The van der Waals surface area contributed by atoms with Gasteiger partial charge in [0.15, 0.2) is 0 Å². The Bertz CT molecular complexity index is 124. The molecule has 54 valence electrons. The SMILES string of the molecule is CC(Br)C(O)(Br)[N+](=O)[O-]. The van der Waals surface area contributed by atoms with E-state index >= 15 is 0 Å². The summed E-state index contributed by atoms with van der Waals surface area (Å²) in [6.45, 7) is 1.47. The fourth-order valence-electron chi connectivity index (χ4n) is 0.145. The molecule has 0 fully saturated rings. The second-order valence-corrected chi connectivity index (χ2v) is 4.05. The van der Waals surface area contributed by atoms with Crippen molar-refractivity contribution in [2.24, 2.45) is 0 Å². The maximum Gasteiger partial charge on any atom is 0.390 e. The number of aliphatic hydroxyl groups is 1. The van der Waals surface area contributed by atoms with E-state index < -0.39 is 14.4 Å². The molecular formula is C3H5Br2NO3. The Morgan fingerprint density at radius 2 is 2.22 bits per heavy atom. The topological polar surface area (TPSA) is 63.4 Å². The lowest BCUT2D eigenvalue weighted by Crippen LogP contribution is -2.38. The van der Waals surface area contributed by atoms with E-state index in [2.05, 4.69) is 31.9 Å². The first-order chi connectivity index (χ1) is 3.89. The van der Waals surface area contributed by atoms with Crippen LogP contribution in [0.2, 0.25) is 0 Å². The van der Waals surface area contributed by atoms with Crippen molar-refractivity contribution >= 4 is 31.9 Å². The first kappa shape index (κ1) is 9.32. The van der Waals surface area contributed by atoms with E-state index in [0.717, 1.165) is 0 Å². The molecule has 6 heteroatoms. The molecule has 0 aliphatic rings. The van der Waals surface area contributed by atoms with Gasteiger partial charge in [-0.25, -0.2) is 0 Å². The summed E-state index contributed by atoms with van der Waals surface area (Å²) >= 11 is 5.38. The predicted molar refractivity (Wildman–Crippen MR) is 39.3 cm³/mol. The number of nitrogens with zero attached hydrogens (tertiary/aromatic N) is 1. The van der Waals surface area contributed by atoms with E-state index in [1.54, 1.807) is 0 Å². The van der Waals surface area contributed by atoms with Gasteiger partial charge in [-0.2, -0.15) is 0 Å². The van der Waals surface area contributed by atoms with E-state index in [-0.39, 0.29) is 0 Å². The minimum Gasteiger partial charge on any atom is -0.321 e. The number of alkyl halides is 2. The molecule has 0 heterocycles. The third-order valence-corrected chi connectivity index (χ3v) is 2.99. The molecule has 0 aromatic rings. The van der Waals surface area contributed by atoms with Gasteiger partial charge in [-0.15, -0.1) is 0 Å². The van der Waals surface area contributed by atoms with Gasteiger partial charge in [-0.1, -0.05) is 15.9 Å². The van der Waals surface area contributed by atoms with Crippen molar-refractivity contribution in [3.63, 3.8) is 0 Å². The van der Waals surface area contributed by atoms with Crippen molar-refractivity contribution in [2.45, 2.75) is 16.4 Å². The third-order valence-electron chi connectivity index (χ3n) is 0.762. The predicted octanol–water partition coefficient (Wildman–Crippen LogP) is 1.09. The summed E-state index contributed by atoms with van der Waals surface area (Å²) in [5.74, 6) is 0. The van der Waals surface area contributed by atoms with Gasteiger partial charge in [0.25, 0.3) is 0 Å². The molecule has 4 nitrogen and oxygen atoms in total. The highest BCUT2D eigenvalue weighted by molar-refractivity contribution is 9.12. The summed E-state index contributed by atoms with van der Waals surface area (Å²) in [6.07, 6.45) is 0. The Hall–Kier alpha value is 0.320. The number of halogens is 2. The normalized spacial score (nSPS) is 20.4. The average molecular weight is 263 g/mol. The van der Waals surface area contributed by atoms with Crippen LogP contribution in [0.25, 0.3) is 0 Å². The first-order valence-corrected chi connectivity index (χ1v) is 3.79. The van der Waals surface area contributed by atoms with E-state index in [9.17, 15) is 10.1 Å². The molecule has 0 aliphatic heterocycles. The Morgan fingerprint density at radius 3 is 2.22 bits per heavy atom. The highest BCUT2D eigenvalue weighted by Gasteiger charge is 2.42. The molecule has 0 aromatic heterocycles. The van der Waals surface area contributed by atoms with Gasteiger partial charge in [0, 0.05) is 15.9 Å². The van der Waals surface area contributed by atoms with Gasteiger partial charge in [0.1, 0.15) is 4.83 Å². The molecule has 0 rings (SSSR count). The van der Waals surface area contributed by atoms with Crippen LogP contribution >= 0.6 is 31.9 Å². The van der Waals surface area contributed by atoms with Crippen molar-refractivity contribution in [3.8, 4) is 0 Å². The number of nitro groups is 1. The van der Waals surface area contributed by atoms with Gasteiger partial charge in [0.05, 0.1) is 4.92 Å². The molecule has 0 radical (unpaired) electrons. The van der Waals surface area contributed by atoms with Crippen molar-refractivity contribution in [3.05, 3.63) is 10.1 Å². The highest BCUT2D eigenvalue weighted by atomic mass is 79.9. The number of hydrogen-bond acceptors (Lipinski definition) is 3. The lowest BCUT2D eigenvalue weighted by atomic mass is 10.4. The molecule has 1 N–H and O–H groups in total. The van der Waals surface area contributed by atoms with Gasteiger partial charge in [-0.05, 0) is 6.92 Å². The summed E-state index contributed by atoms with van der Waals surface area (Å²) in [5.41, 5.74) is 0. The van der Waals surface area contributed by atoms with Crippen LogP contribution in [0.1, 0.15) is 6.92 Å². The molecule has 0 aliphatic carbocycles. The summed E-state index contributed by atoms with van der Waals surface area (Å²) in [5, 5.41) is 18.8. The second kappa shape index (κ2) is 2.94. The van der Waals surface area contributed by atoms with Crippen LogP contribution < -0.4 is 0 Å². The van der Waals surface area contributed by atoms with Crippen LogP contribution in [0.5, 0.6) is 0 Å². The Labute approximate surface area is 68.7 Å². The van der Waals surface area contributed by atoms with Crippen molar-refractivity contribution in [1.29, 1.82) is 0 Å².